The highest BCUT2D eigenvalue weighted by Gasteiger charge is 2.07. The number of rotatable bonds is 2. The lowest BCUT2D eigenvalue weighted by Gasteiger charge is -1.97. The van der Waals surface area contributed by atoms with E-state index in [0.29, 0.717) is 0 Å². The third-order valence-corrected chi connectivity index (χ3v) is 4.47. The van der Waals surface area contributed by atoms with Gasteiger partial charge in [0.15, 0.2) is 0 Å². The normalized spacial score (nSPS) is 10.4. The first-order valence-electron chi connectivity index (χ1n) is 8.47. The van der Waals surface area contributed by atoms with Crippen LogP contribution < -0.4 is 0 Å². The van der Waals surface area contributed by atoms with Crippen LogP contribution in [0.2, 0.25) is 0 Å². The number of nitrogens with zero attached hydrogens (tertiary/aromatic N) is 6. The second kappa shape index (κ2) is 8.26. The molecule has 0 N–H and O–H groups in total. The van der Waals surface area contributed by atoms with Crippen molar-refractivity contribution in [3.8, 4) is 22.5 Å². The molecule has 27 heavy (non-hydrogen) atoms. The Bertz CT molecular complexity index is 1020. The number of hydrogen-bond acceptors (Lipinski definition) is 4. The summed E-state index contributed by atoms with van der Waals surface area (Å²) >= 11 is 3.46. The molecule has 0 bridgehead atoms. The Morgan fingerprint density at radius 3 is 1.85 bits per heavy atom. The zero-order chi connectivity index (χ0) is 19.4. The fourth-order valence-electron chi connectivity index (χ4n) is 2.45. The van der Waals surface area contributed by atoms with Crippen LogP contribution in [0.3, 0.4) is 0 Å². The van der Waals surface area contributed by atoms with E-state index in [-0.39, 0.29) is 0 Å². The summed E-state index contributed by atoms with van der Waals surface area (Å²) in [6.45, 7) is 3.94. The fourth-order valence-corrected chi connectivity index (χ4v) is 3.06. The number of aromatic nitrogens is 6. The highest BCUT2D eigenvalue weighted by molar-refractivity contribution is 9.10. The Kier molecular flexibility index (Phi) is 5.81. The van der Waals surface area contributed by atoms with Crippen LogP contribution in [0, 0.1) is 13.8 Å². The predicted octanol–water partition coefficient (Wildman–Crippen LogP) is 4.34. The molecule has 0 fully saturated rings. The second-order valence-electron chi connectivity index (χ2n) is 6.25. The minimum atomic E-state index is 0.931. The molecule has 0 amide bonds. The summed E-state index contributed by atoms with van der Waals surface area (Å²) < 4.78 is 4.56. The van der Waals surface area contributed by atoms with Gasteiger partial charge in [-0.05, 0) is 60.1 Å². The first-order valence-corrected chi connectivity index (χ1v) is 9.26. The molecule has 4 rings (SSSR count). The van der Waals surface area contributed by atoms with Crippen LogP contribution in [-0.4, -0.2) is 29.5 Å². The number of pyridine rings is 2. The Morgan fingerprint density at radius 1 is 0.778 bits per heavy atom. The summed E-state index contributed by atoms with van der Waals surface area (Å²) in [6, 6.07) is 10.0. The molecule has 0 unspecified atom stereocenters. The van der Waals surface area contributed by atoms with Gasteiger partial charge >= 0.3 is 0 Å². The molecule has 6 nitrogen and oxygen atoms in total. The number of aryl methyl sites for hydroxylation is 4. The average molecular weight is 425 g/mol. The minimum absolute atomic E-state index is 0.931. The smallest absolute Gasteiger partial charge is 0.108 e. The van der Waals surface area contributed by atoms with E-state index in [1.165, 1.54) is 0 Å². The van der Waals surface area contributed by atoms with E-state index >= 15 is 0 Å². The summed E-state index contributed by atoms with van der Waals surface area (Å²) in [7, 11) is 3.81. The highest BCUT2D eigenvalue weighted by atomic mass is 79.9. The van der Waals surface area contributed by atoms with Gasteiger partial charge in [0, 0.05) is 61.4 Å². The maximum atomic E-state index is 4.34. The maximum Gasteiger partial charge on any atom is 0.108 e. The van der Waals surface area contributed by atoms with Crippen LogP contribution in [-0.2, 0) is 14.1 Å². The van der Waals surface area contributed by atoms with Gasteiger partial charge in [-0.2, -0.15) is 10.2 Å². The van der Waals surface area contributed by atoms with Gasteiger partial charge in [-0.25, -0.2) is 0 Å². The topological polar surface area (TPSA) is 61.4 Å². The number of hydrogen-bond donors (Lipinski definition) is 0. The molecule has 0 saturated carbocycles. The van der Waals surface area contributed by atoms with Gasteiger partial charge in [-0.1, -0.05) is 0 Å². The molecule has 4 heterocycles. The van der Waals surface area contributed by atoms with Crippen LogP contribution >= 0.6 is 15.9 Å². The monoisotopic (exact) mass is 424 g/mol. The second-order valence-corrected chi connectivity index (χ2v) is 7.10. The van der Waals surface area contributed by atoms with Crippen molar-refractivity contribution >= 4 is 15.9 Å². The molecule has 0 spiro atoms. The lowest BCUT2D eigenvalue weighted by Crippen LogP contribution is -1.88. The highest BCUT2D eigenvalue weighted by Crippen LogP contribution is 2.25. The van der Waals surface area contributed by atoms with Crippen molar-refractivity contribution in [3.63, 3.8) is 0 Å². The molecule has 0 aliphatic carbocycles. The Morgan fingerprint density at radius 2 is 1.41 bits per heavy atom. The molecule has 7 heteroatoms. The SMILES string of the molecule is Cc1ccc(-c2ccn(C)n2)cn1.Cc1ccc(-c2nn(C)cc2Br)cn1. The van der Waals surface area contributed by atoms with Crippen LogP contribution in [0.25, 0.3) is 22.5 Å². The molecule has 0 radical (unpaired) electrons. The van der Waals surface area contributed by atoms with Crippen molar-refractivity contribution in [3.05, 3.63) is 71.0 Å². The average Bonchev–Trinajstić information content (AvgIpc) is 3.22. The Balaban J connectivity index is 0.000000156. The van der Waals surface area contributed by atoms with Crippen molar-refractivity contribution < 1.29 is 0 Å². The zero-order valence-electron chi connectivity index (χ0n) is 15.8. The summed E-state index contributed by atoms with van der Waals surface area (Å²) in [4.78, 5) is 8.45. The van der Waals surface area contributed by atoms with Gasteiger partial charge in [-0.3, -0.25) is 19.3 Å². The van der Waals surface area contributed by atoms with Crippen LogP contribution in [0.5, 0.6) is 0 Å². The third kappa shape index (κ3) is 4.89. The van der Waals surface area contributed by atoms with E-state index in [1.54, 1.807) is 9.36 Å². The van der Waals surface area contributed by atoms with Gasteiger partial charge in [0.05, 0.1) is 10.2 Å². The summed E-state index contributed by atoms with van der Waals surface area (Å²) in [5, 5.41) is 8.63. The zero-order valence-corrected chi connectivity index (χ0v) is 17.3. The Labute approximate surface area is 167 Å². The van der Waals surface area contributed by atoms with Crippen molar-refractivity contribution in [2.75, 3.05) is 0 Å². The van der Waals surface area contributed by atoms with Crippen molar-refractivity contribution in [2.24, 2.45) is 14.1 Å². The first kappa shape index (κ1) is 19.0. The van der Waals surface area contributed by atoms with Crippen molar-refractivity contribution in [2.45, 2.75) is 13.8 Å². The van der Waals surface area contributed by atoms with Crippen LogP contribution in [0.1, 0.15) is 11.4 Å². The Hall–Kier alpha value is -2.80. The quantitative estimate of drug-likeness (QED) is 0.479. The van der Waals surface area contributed by atoms with E-state index in [9.17, 15) is 0 Å². The third-order valence-electron chi connectivity index (χ3n) is 3.89. The van der Waals surface area contributed by atoms with Crippen molar-refractivity contribution in [1.29, 1.82) is 0 Å². The molecule has 0 atom stereocenters. The van der Waals surface area contributed by atoms with Crippen LogP contribution in [0.4, 0.5) is 0 Å². The van der Waals surface area contributed by atoms with E-state index in [4.69, 9.17) is 0 Å². The standard InChI is InChI=1S/C10H10BrN3.C10H11N3/c1-7-3-4-8(5-12-7)10-9(11)6-14(2)13-10;1-8-3-4-9(7-11-8)10-5-6-13(2)12-10/h3-6H,1-2H3;3-7H,1-2H3. The molecule has 138 valence electrons. The maximum absolute atomic E-state index is 4.34. The molecule has 0 aromatic carbocycles. The van der Waals surface area contributed by atoms with E-state index in [1.807, 2.05) is 83.1 Å². The molecule has 0 aliphatic rings. The van der Waals surface area contributed by atoms with Gasteiger partial charge < -0.3 is 0 Å². The van der Waals surface area contributed by atoms with E-state index < -0.39 is 0 Å². The molecule has 4 aromatic heterocycles. The fraction of sp³-hybridized carbons (Fsp3) is 0.200. The summed E-state index contributed by atoms with van der Waals surface area (Å²) in [6.07, 6.45) is 7.53. The van der Waals surface area contributed by atoms with Gasteiger partial charge in [0.2, 0.25) is 0 Å². The van der Waals surface area contributed by atoms with E-state index in [2.05, 4.69) is 36.1 Å². The van der Waals surface area contributed by atoms with Crippen molar-refractivity contribution in [1.82, 2.24) is 29.5 Å². The van der Waals surface area contributed by atoms with Gasteiger partial charge in [-0.15, -0.1) is 0 Å². The lowest BCUT2D eigenvalue weighted by atomic mass is 10.2. The molecular formula is C20H21BrN6. The first-order chi connectivity index (χ1) is 12.9. The predicted molar refractivity (Wildman–Crippen MR) is 110 cm³/mol. The molecule has 4 aromatic rings. The van der Waals surface area contributed by atoms with Gasteiger partial charge in [0.1, 0.15) is 5.69 Å². The van der Waals surface area contributed by atoms with E-state index in [0.717, 1.165) is 38.4 Å². The summed E-state index contributed by atoms with van der Waals surface area (Å²) in [5.74, 6) is 0. The molecule has 0 saturated heterocycles. The van der Waals surface area contributed by atoms with Crippen LogP contribution in [0.15, 0.2) is 59.6 Å². The lowest BCUT2D eigenvalue weighted by molar-refractivity contribution is 0.770. The minimum Gasteiger partial charge on any atom is -0.275 e. The molecular weight excluding hydrogens is 404 g/mol. The van der Waals surface area contributed by atoms with Gasteiger partial charge in [0.25, 0.3) is 0 Å². The number of halogens is 1. The largest absolute Gasteiger partial charge is 0.275 e. The summed E-state index contributed by atoms with van der Waals surface area (Å²) in [5.41, 5.74) is 6.03. The molecule has 0 aliphatic heterocycles.